The van der Waals surface area contributed by atoms with E-state index >= 15 is 0 Å². The van der Waals surface area contributed by atoms with Gasteiger partial charge < -0.3 is 5.32 Å². The molecule has 0 aliphatic rings. The predicted octanol–water partition coefficient (Wildman–Crippen LogP) is 5.48. The summed E-state index contributed by atoms with van der Waals surface area (Å²) in [6, 6.07) is 9.00. The summed E-state index contributed by atoms with van der Waals surface area (Å²) < 4.78 is 0. The van der Waals surface area contributed by atoms with Gasteiger partial charge in [-0.05, 0) is 63.1 Å². The van der Waals surface area contributed by atoms with Crippen molar-refractivity contribution in [3.63, 3.8) is 0 Å². The molecular formula is C23H23ClN6O. The summed E-state index contributed by atoms with van der Waals surface area (Å²) in [7, 11) is 0. The highest BCUT2D eigenvalue weighted by atomic mass is 35.5. The molecule has 0 saturated heterocycles. The van der Waals surface area contributed by atoms with Gasteiger partial charge in [-0.25, -0.2) is 9.78 Å². The monoisotopic (exact) mass is 434 g/mol. The molecule has 1 aromatic carbocycles. The average Bonchev–Trinajstić information content (AvgIpc) is 3.15. The van der Waals surface area contributed by atoms with Gasteiger partial charge in [-0.1, -0.05) is 17.7 Å². The highest BCUT2D eigenvalue weighted by Gasteiger charge is 2.17. The lowest BCUT2D eigenvalue weighted by Crippen LogP contribution is -2.32. The van der Waals surface area contributed by atoms with Crippen molar-refractivity contribution in [3.8, 4) is 11.3 Å². The van der Waals surface area contributed by atoms with Crippen LogP contribution in [0.25, 0.3) is 22.2 Å². The molecule has 0 aliphatic heterocycles. The lowest BCUT2D eigenvalue weighted by molar-refractivity contribution is 0.249. The summed E-state index contributed by atoms with van der Waals surface area (Å²) in [5.41, 5.74) is 6.35. The van der Waals surface area contributed by atoms with E-state index in [0.717, 1.165) is 44.5 Å². The van der Waals surface area contributed by atoms with Gasteiger partial charge in [0.1, 0.15) is 11.5 Å². The van der Waals surface area contributed by atoms with Crippen LogP contribution in [0.15, 0.2) is 42.7 Å². The van der Waals surface area contributed by atoms with Crippen molar-refractivity contribution >= 4 is 34.4 Å². The second kappa shape index (κ2) is 8.35. The van der Waals surface area contributed by atoms with Gasteiger partial charge in [0.15, 0.2) is 0 Å². The smallest absolute Gasteiger partial charge is 0.320 e. The number of carbonyl (C=O) groups is 1. The van der Waals surface area contributed by atoms with Crippen LogP contribution in [0.3, 0.4) is 0 Å². The molecule has 0 spiro atoms. The van der Waals surface area contributed by atoms with Gasteiger partial charge in [0.25, 0.3) is 0 Å². The maximum atomic E-state index is 12.6. The number of pyridine rings is 2. The van der Waals surface area contributed by atoms with Gasteiger partial charge in [-0.3, -0.25) is 15.4 Å². The number of hydrogen-bond donors (Lipinski definition) is 3. The van der Waals surface area contributed by atoms with Gasteiger partial charge in [-0.15, -0.1) is 0 Å². The normalized spacial score (nSPS) is 12.0. The number of urea groups is 1. The summed E-state index contributed by atoms with van der Waals surface area (Å²) in [5, 5.41) is 14.9. The molecule has 1 atom stereocenters. The fourth-order valence-electron chi connectivity index (χ4n) is 3.69. The Labute approximate surface area is 185 Å². The maximum absolute atomic E-state index is 12.6. The van der Waals surface area contributed by atoms with Crippen LogP contribution in [0.2, 0.25) is 5.02 Å². The van der Waals surface area contributed by atoms with Crippen LogP contribution in [0.5, 0.6) is 0 Å². The number of aromatic nitrogens is 4. The van der Waals surface area contributed by atoms with E-state index in [2.05, 4.69) is 30.8 Å². The lowest BCUT2D eigenvalue weighted by Gasteiger charge is -2.17. The molecule has 0 radical (unpaired) electrons. The lowest BCUT2D eigenvalue weighted by atomic mass is 10.0. The molecule has 1 unspecified atom stereocenters. The van der Waals surface area contributed by atoms with Crippen molar-refractivity contribution in [3.05, 3.63) is 70.1 Å². The van der Waals surface area contributed by atoms with E-state index in [1.165, 1.54) is 0 Å². The fourth-order valence-corrected chi connectivity index (χ4v) is 3.92. The van der Waals surface area contributed by atoms with Crippen molar-refractivity contribution in [2.24, 2.45) is 0 Å². The van der Waals surface area contributed by atoms with Crippen molar-refractivity contribution in [2.45, 2.75) is 33.7 Å². The minimum Gasteiger partial charge on any atom is -0.331 e. The van der Waals surface area contributed by atoms with Crippen LogP contribution < -0.4 is 10.6 Å². The number of anilines is 1. The SMILES string of the molecule is Cc1cc(-c2n[nH]c3c(C)c(NC(=O)NC(C)c4ccc(Cl)cc4C)ncc23)ccn1. The molecule has 3 N–H and O–H groups in total. The second-order valence-corrected chi connectivity index (χ2v) is 8.04. The molecule has 31 heavy (non-hydrogen) atoms. The topological polar surface area (TPSA) is 95.6 Å². The van der Waals surface area contributed by atoms with Crippen molar-refractivity contribution in [1.29, 1.82) is 0 Å². The first kappa shape index (κ1) is 20.8. The number of halogens is 1. The molecule has 7 nitrogen and oxygen atoms in total. The molecule has 0 aliphatic carbocycles. The standard InChI is InChI=1S/C23H23ClN6O/c1-12-9-17(24)5-6-18(12)15(4)27-23(31)28-22-14(3)20-19(11-26-22)21(30-29-20)16-7-8-25-13(2)10-16/h5-11,15H,1-4H3,(H,29,30)(H2,26,27,28,31). The Morgan fingerprint density at radius 2 is 1.94 bits per heavy atom. The molecule has 4 rings (SSSR count). The Morgan fingerprint density at radius 3 is 2.68 bits per heavy atom. The number of fused-ring (bicyclic) bond motifs is 1. The van der Waals surface area contributed by atoms with Gasteiger partial charge in [0.05, 0.1) is 11.6 Å². The van der Waals surface area contributed by atoms with Crippen LogP contribution >= 0.6 is 11.6 Å². The fraction of sp³-hybridized carbons (Fsp3) is 0.217. The largest absolute Gasteiger partial charge is 0.331 e. The number of aromatic amines is 1. The molecule has 2 amide bonds. The summed E-state index contributed by atoms with van der Waals surface area (Å²) in [6.07, 6.45) is 3.48. The third-order valence-corrected chi connectivity index (χ3v) is 5.54. The number of rotatable bonds is 4. The number of nitrogens with one attached hydrogen (secondary N) is 3. The Balaban J connectivity index is 1.55. The predicted molar refractivity (Wildman–Crippen MR) is 123 cm³/mol. The number of H-pyrrole nitrogens is 1. The zero-order valence-corrected chi connectivity index (χ0v) is 18.5. The summed E-state index contributed by atoms with van der Waals surface area (Å²) in [4.78, 5) is 21.3. The Kier molecular flexibility index (Phi) is 5.61. The molecule has 0 bridgehead atoms. The Hall–Kier alpha value is -3.45. The van der Waals surface area contributed by atoms with Gasteiger partial charge in [0, 0.05) is 39.6 Å². The number of carbonyl (C=O) groups excluding carboxylic acids is 1. The summed E-state index contributed by atoms with van der Waals surface area (Å²) in [5.74, 6) is 0.478. The number of aryl methyl sites for hydroxylation is 3. The first-order valence-electron chi connectivity index (χ1n) is 9.93. The van der Waals surface area contributed by atoms with Crippen LogP contribution in [-0.2, 0) is 0 Å². The molecule has 3 aromatic heterocycles. The number of nitrogens with zero attached hydrogens (tertiary/aromatic N) is 3. The molecule has 4 aromatic rings. The second-order valence-electron chi connectivity index (χ2n) is 7.60. The average molecular weight is 435 g/mol. The molecule has 0 saturated carbocycles. The zero-order valence-electron chi connectivity index (χ0n) is 17.7. The summed E-state index contributed by atoms with van der Waals surface area (Å²) >= 11 is 6.03. The minimum absolute atomic E-state index is 0.185. The molecule has 0 fully saturated rings. The zero-order chi connectivity index (χ0) is 22.1. The van der Waals surface area contributed by atoms with Crippen LogP contribution in [-0.4, -0.2) is 26.2 Å². The van der Waals surface area contributed by atoms with Crippen LogP contribution in [0, 0.1) is 20.8 Å². The highest BCUT2D eigenvalue weighted by molar-refractivity contribution is 6.30. The van der Waals surface area contributed by atoms with Crippen molar-refractivity contribution < 1.29 is 4.79 Å². The van der Waals surface area contributed by atoms with Crippen LogP contribution in [0.1, 0.15) is 35.3 Å². The van der Waals surface area contributed by atoms with Gasteiger partial charge in [-0.2, -0.15) is 5.10 Å². The Bertz CT molecular complexity index is 1280. The van der Waals surface area contributed by atoms with E-state index in [0.29, 0.717) is 10.8 Å². The molecule has 158 valence electrons. The van der Waals surface area contributed by atoms with E-state index in [1.807, 2.05) is 58.0 Å². The number of amides is 2. The third-order valence-electron chi connectivity index (χ3n) is 5.30. The van der Waals surface area contributed by atoms with Gasteiger partial charge in [0.2, 0.25) is 0 Å². The summed E-state index contributed by atoms with van der Waals surface area (Å²) in [6.45, 7) is 7.74. The number of benzene rings is 1. The van der Waals surface area contributed by atoms with E-state index in [-0.39, 0.29) is 12.1 Å². The molecule has 8 heteroatoms. The maximum Gasteiger partial charge on any atom is 0.320 e. The quantitative estimate of drug-likeness (QED) is 0.396. The highest BCUT2D eigenvalue weighted by Crippen LogP contribution is 2.30. The molecular weight excluding hydrogens is 412 g/mol. The van der Waals surface area contributed by atoms with E-state index in [1.54, 1.807) is 12.4 Å². The van der Waals surface area contributed by atoms with E-state index in [4.69, 9.17) is 11.6 Å². The van der Waals surface area contributed by atoms with Crippen molar-refractivity contribution in [1.82, 2.24) is 25.5 Å². The molecule has 3 heterocycles. The number of hydrogen-bond acceptors (Lipinski definition) is 4. The third kappa shape index (κ3) is 4.22. The van der Waals surface area contributed by atoms with Gasteiger partial charge >= 0.3 is 6.03 Å². The van der Waals surface area contributed by atoms with Crippen molar-refractivity contribution in [2.75, 3.05) is 5.32 Å². The minimum atomic E-state index is -0.332. The first-order valence-corrected chi connectivity index (χ1v) is 10.3. The Morgan fingerprint density at radius 1 is 1.13 bits per heavy atom. The first-order chi connectivity index (χ1) is 14.8. The van der Waals surface area contributed by atoms with Crippen LogP contribution in [0.4, 0.5) is 10.6 Å². The van der Waals surface area contributed by atoms with E-state index in [9.17, 15) is 4.79 Å². The van der Waals surface area contributed by atoms with E-state index < -0.39 is 0 Å².